The average molecular weight is 367 g/mol. The molecule has 5 heteroatoms. The smallest absolute Gasteiger partial charge is 0.335 e. The first kappa shape index (κ1) is 17.7. The van der Waals surface area contributed by atoms with E-state index in [1.165, 1.54) is 6.07 Å². The standard InChI is InChI=1S/C22H22FNO3/c23-19-6-2-1-5-18(19)22(11-12-22)21(27)24-13-3-4-17(14-24)15-7-9-16(10-8-15)20(25)26/h1-2,5-10,17H,3-4,11-14H2,(H,25,26)/t17-/m1/s1. The molecule has 1 saturated carbocycles. The summed E-state index contributed by atoms with van der Waals surface area (Å²) < 4.78 is 14.3. The van der Waals surface area contributed by atoms with Crippen molar-refractivity contribution in [1.82, 2.24) is 4.90 Å². The predicted octanol–water partition coefficient (Wildman–Crippen LogP) is 3.96. The number of nitrogens with zero attached hydrogens (tertiary/aromatic N) is 1. The van der Waals surface area contributed by atoms with Crippen LogP contribution < -0.4 is 0 Å². The van der Waals surface area contributed by atoms with Gasteiger partial charge in [0.05, 0.1) is 11.0 Å². The van der Waals surface area contributed by atoms with Crippen molar-refractivity contribution in [3.8, 4) is 0 Å². The van der Waals surface area contributed by atoms with Crippen LogP contribution >= 0.6 is 0 Å². The van der Waals surface area contributed by atoms with Gasteiger partial charge in [-0.25, -0.2) is 9.18 Å². The van der Waals surface area contributed by atoms with Gasteiger partial charge in [0.2, 0.25) is 5.91 Å². The van der Waals surface area contributed by atoms with E-state index in [0.29, 0.717) is 31.5 Å². The number of piperidine rings is 1. The number of hydrogen-bond donors (Lipinski definition) is 1. The van der Waals surface area contributed by atoms with Crippen LogP contribution in [0.2, 0.25) is 0 Å². The molecule has 2 aliphatic rings. The highest BCUT2D eigenvalue weighted by atomic mass is 19.1. The molecule has 1 N–H and O–H groups in total. The summed E-state index contributed by atoms with van der Waals surface area (Å²) in [7, 11) is 0. The molecule has 2 aromatic rings. The van der Waals surface area contributed by atoms with Crippen LogP contribution in [0.4, 0.5) is 4.39 Å². The quantitative estimate of drug-likeness (QED) is 0.890. The lowest BCUT2D eigenvalue weighted by Gasteiger charge is -2.35. The highest BCUT2D eigenvalue weighted by Gasteiger charge is 2.54. The van der Waals surface area contributed by atoms with E-state index in [2.05, 4.69) is 0 Å². The number of aromatic carboxylic acids is 1. The lowest BCUT2D eigenvalue weighted by molar-refractivity contribution is -0.135. The average Bonchev–Trinajstić information content (AvgIpc) is 3.50. The normalized spacial score (nSPS) is 20.9. The monoisotopic (exact) mass is 367 g/mol. The first-order valence-corrected chi connectivity index (χ1v) is 9.39. The fraction of sp³-hybridized carbons (Fsp3) is 0.364. The number of benzene rings is 2. The maximum atomic E-state index is 14.3. The second-order valence-electron chi connectivity index (χ2n) is 7.58. The van der Waals surface area contributed by atoms with Gasteiger partial charge in [-0.15, -0.1) is 0 Å². The Morgan fingerprint density at radius 3 is 2.41 bits per heavy atom. The van der Waals surface area contributed by atoms with Gasteiger partial charge in [-0.3, -0.25) is 4.79 Å². The lowest BCUT2D eigenvalue weighted by atomic mass is 9.87. The Morgan fingerprint density at radius 2 is 1.78 bits per heavy atom. The Kier molecular flexibility index (Phi) is 4.46. The molecule has 0 spiro atoms. The van der Waals surface area contributed by atoms with Crippen LogP contribution in [-0.4, -0.2) is 35.0 Å². The number of carbonyl (C=O) groups is 2. The molecule has 1 aliphatic carbocycles. The van der Waals surface area contributed by atoms with Crippen LogP contribution in [0.5, 0.6) is 0 Å². The molecule has 0 aromatic heterocycles. The van der Waals surface area contributed by atoms with Gasteiger partial charge in [0, 0.05) is 24.6 Å². The van der Waals surface area contributed by atoms with Gasteiger partial charge in [0.1, 0.15) is 5.82 Å². The van der Waals surface area contributed by atoms with E-state index in [1.807, 2.05) is 17.0 Å². The first-order chi connectivity index (χ1) is 13.0. The fourth-order valence-electron chi connectivity index (χ4n) is 4.21. The van der Waals surface area contributed by atoms with Crippen molar-refractivity contribution in [3.05, 3.63) is 71.0 Å². The molecule has 2 fully saturated rings. The zero-order valence-electron chi connectivity index (χ0n) is 15.0. The van der Waals surface area contributed by atoms with Gasteiger partial charge in [-0.05, 0) is 49.4 Å². The molecule has 1 atom stereocenters. The van der Waals surface area contributed by atoms with Crippen molar-refractivity contribution < 1.29 is 19.1 Å². The minimum atomic E-state index is -0.942. The Labute approximate surface area is 157 Å². The molecule has 140 valence electrons. The summed E-state index contributed by atoms with van der Waals surface area (Å²) in [5, 5.41) is 9.04. The molecule has 0 bridgehead atoms. The maximum Gasteiger partial charge on any atom is 0.335 e. The van der Waals surface area contributed by atoms with Crippen molar-refractivity contribution in [1.29, 1.82) is 0 Å². The van der Waals surface area contributed by atoms with Crippen LogP contribution in [0, 0.1) is 5.82 Å². The van der Waals surface area contributed by atoms with E-state index in [1.54, 1.807) is 30.3 Å². The highest BCUT2D eigenvalue weighted by molar-refractivity contribution is 5.91. The summed E-state index contributed by atoms with van der Waals surface area (Å²) in [4.78, 5) is 26.1. The molecule has 1 heterocycles. The molecule has 0 radical (unpaired) electrons. The topological polar surface area (TPSA) is 57.6 Å². The number of likely N-dealkylation sites (tertiary alicyclic amines) is 1. The van der Waals surface area contributed by atoms with E-state index in [9.17, 15) is 14.0 Å². The number of carboxylic acid groups (broad SMARTS) is 1. The zero-order chi connectivity index (χ0) is 19.0. The van der Waals surface area contributed by atoms with Crippen molar-refractivity contribution in [3.63, 3.8) is 0 Å². The summed E-state index contributed by atoms with van der Waals surface area (Å²) in [6.45, 7) is 1.29. The van der Waals surface area contributed by atoms with Crippen LogP contribution in [0.25, 0.3) is 0 Å². The van der Waals surface area contributed by atoms with Crippen LogP contribution in [0.1, 0.15) is 53.1 Å². The Morgan fingerprint density at radius 1 is 1.07 bits per heavy atom. The van der Waals surface area contributed by atoms with Gasteiger partial charge in [-0.2, -0.15) is 0 Å². The largest absolute Gasteiger partial charge is 0.478 e. The maximum absolute atomic E-state index is 14.3. The van der Waals surface area contributed by atoms with Gasteiger partial charge in [0.15, 0.2) is 0 Å². The number of halogens is 1. The Bertz CT molecular complexity index is 873. The van der Waals surface area contributed by atoms with Gasteiger partial charge >= 0.3 is 5.97 Å². The van der Waals surface area contributed by atoms with Gasteiger partial charge in [-0.1, -0.05) is 30.3 Å². The van der Waals surface area contributed by atoms with E-state index >= 15 is 0 Å². The van der Waals surface area contributed by atoms with Crippen molar-refractivity contribution in [2.75, 3.05) is 13.1 Å². The molecule has 4 rings (SSSR count). The van der Waals surface area contributed by atoms with Crippen LogP contribution in [0.3, 0.4) is 0 Å². The second-order valence-corrected chi connectivity index (χ2v) is 7.58. The molecule has 1 saturated heterocycles. The summed E-state index contributed by atoms with van der Waals surface area (Å²) in [5.41, 5.74) is 1.13. The minimum absolute atomic E-state index is 0.0273. The Hall–Kier alpha value is -2.69. The number of hydrogen-bond acceptors (Lipinski definition) is 2. The number of amides is 1. The minimum Gasteiger partial charge on any atom is -0.478 e. The summed E-state index contributed by atoms with van der Waals surface area (Å²) >= 11 is 0. The number of carboxylic acids is 1. The van der Waals surface area contributed by atoms with E-state index in [4.69, 9.17) is 5.11 Å². The summed E-state index contributed by atoms with van der Waals surface area (Å²) in [5.74, 6) is -1.04. The Balaban J connectivity index is 1.52. The SMILES string of the molecule is O=C(O)c1ccc([C@@H]2CCCN(C(=O)C3(c4ccccc4F)CC3)C2)cc1. The summed E-state index contributed by atoms with van der Waals surface area (Å²) in [6, 6.07) is 13.5. The molecule has 0 unspecified atom stereocenters. The number of carbonyl (C=O) groups excluding carboxylic acids is 1. The van der Waals surface area contributed by atoms with E-state index in [0.717, 1.165) is 18.4 Å². The number of rotatable bonds is 4. The van der Waals surface area contributed by atoms with E-state index in [-0.39, 0.29) is 23.2 Å². The van der Waals surface area contributed by atoms with Crippen LogP contribution in [-0.2, 0) is 10.2 Å². The second kappa shape index (κ2) is 6.80. The molecule has 1 amide bonds. The molecular weight excluding hydrogens is 345 g/mol. The van der Waals surface area contributed by atoms with Gasteiger partial charge < -0.3 is 10.0 Å². The third-order valence-electron chi connectivity index (χ3n) is 5.89. The van der Waals surface area contributed by atoms with E-state index < -0.39 is 11.4 Å². The molecular formula is C22H22FNO3. The predicted molar refractivity (Wildman–Crippen MR) is 99.3 cm³/mol. The molecule has 27 heavy (non-hydrogen) atoms. The molecule has 4 nitrogen and oxygen atoms in total. The third-order valence-corrected chi connectivity index (χ3v) is 5.89. The fourth-order valence-corrected chi connectivity index (χ4v) is 4.21. The van der Waals surface area contributed by atoms with Gasteiger partial charge in [0.25, 0.3) is 0 Å². The summed E-state index contributed by atoms with van der Waals surface area (Å²) in [6.07, 6.45) is 3.25. The third kappa shape index (κ3) is 3.22. The highest BCUT2D eigenvalue weighted by Crippen LogP contribution is 2.51. The zero-order valence-corrected chi connectivity index (χ0v) is 15.0. The van der Waals surface area contributed by atoms with Crippen molar-refractivity contribution in [2.24, 2.45) is 0 Å². The molecule has 2 aromatic carbocycles. The molecule has 1 aliphatic heterocycles. The van der Waals surface area contributed by atoms with Crippen LogP contribution in [0.15, 0.2) is 48.5 Å². The lowest BCUT2D eigenvalue weighted by Crippen LogP contribution is -2.44. The first-order valence-electron chi connectivity index (χ1n) is 9.39. The van der Waals surface area contributed by atoms with Crippen molar-refractivity contribution >= 4 is 11.9 Å². The van der Waals surface area contributed by atoms with Crippen molar-refractivity contribution in [2.45, 2.75) is 37.0 Å².